The Hall–Kier alpha value is -0.450. The van der Waals surface area contributed by atoms with Gasteiger partial charge in [0.05, 0.1) is 4.22 Å². The maximum absolute atomic E-state index is 4.17. The molecule has 0 amide bonds. The van der Waals surface area contributed by atoms with Gasteiger partial charge in [-0.15, -0.1) is 0 Å². The number of nitrogens with zero attached hydrogens (tertiary/aromatic N) is 2. The Morgan fingerprint density at radius 2 is 2.42 bits per heavy atom. The molecule has 0 aromatic carbocycles. The van der Waals surface area contributed by atoms with Crippen molar-refractivity contribution < 1.29 is 0 Å². The molecule has 12 heavy (non-hydrogen) atoms. The molecule has 0 bridgehead atoms. The minimum absolute atomic E-state index is 0.837. The van der Waals surface area contributed by atoms with Crippen molar-refractivity contribution in [3.05, 3.63) is 23.4 Å². The van der Waals surface area contributed by atoms with Crippen LogP contribution in [0.2, 0.25) is 0 Å². The van der Waals surface area contributed by atoms with E-state index in [0.717, 1.165) is 12.2 Å². The Bertz CT molecular complexity index is 295. The lowest BCUT2D eigenvalue weighted by Gasteiger charge is -2.03. The average molecular weight is 274 g/mol. The predicted octanol–water partition coefficient (Wildman–Crippen LogP) is 3.05. The predicted molar refractivity (Wildman–Crippen MR) is 60.5 cm³/mol. The average Bonchev–Trinajstić information content (AvgIpc) is 2.09. The van der Waals surface area contributed by atoms with Gasteiger partial charge in [-0.25, -0.2) is 9.98 Å². The summed E-state index contributed by atoms with van der Waals surface area (Å²) in [6.07, 6.45) is 2.85. The van der Waals surface area contributed by atoms with Gasteiger partial charge in [0.1, 0.15) is 0 Å². The van der Waals surface area contributed by atoms with E-state index in [0.29, 0.717) is 0 Å². The van der Waals surface area contributed by atoms with Crippen LogP contribution in [0.4, 0.5) is 5.82 Å². The highest BCUT2D eigenvalue weighted by molar-refractivity contribution is 14.1. The van der Waals surface area contributed by atoms with E-state index in [9.17, 15) is 0 Å². The Morgan fingerprint density at radius 1 is 1.67 bits per heavy atom. The van der Waals surface area contributed by atoms with Crippen molar-refractivity contribution in [2.75, 3.05) is 0 Å². The largest absolute Gasteiger partial charge is 0.237 e. The monoisotopic (exact) mass is 274 g/mol. The zero-order valence-electron chi connectivity index (χ0n) is 7.21. The summed E-state index contributed by atoms with van der Waals surface area (Å²) < 4.78 is 1.74. The fourth-order valence-corrected chi connectivity index (χ4v) is 1.39. The molecule has 3 heteroatoms. The summed E-state index contributed by atoms with van der Waals surface area (Å²) in [5, 5.41) is 0. The van der Waals surface area contributed by atoms with Crippen molar-refractivity contribution in [1.82, 2.24) is 4.98 Å². The zero-order valence-corrected chi connectivity index (χ0v) is 9.37. The van der Waals surface area contributed by atoms with Gasteiger partial charge in [0.15, 0.2) is 5.82 Å². The summed E-state index contributed by atoms with van der Waals surface area (Å²) in [4.78, 5) is 8.34. The van der Waals surface area contributed by atoms with Crippen LogP contribution in [0.3, 0.4) is 0 Å². The highest BCUT2D eigenvalue weighted by atomic mass is 127. The number of hydrogen-bond donors (Lipinski definition) is 0. The molecule has 0 fully saturated rings. The normalized spacial score (nSPS) is 10.9. The van der Waals surface area contributed by atoms with Crippen LogP contribution in [0.25, 0.3) is 0 Å². The van der Waals surface area contributed by atoms with Gasteiger partial charge in [0, 0.05) is 6.20 Å². The molecule has 0 saturated carbocycles. The first-order valence-electron chi connectivity index (χ1n) is 3.86. The van der Waals surface area contributed by atoms with Crippen molar-refractivity contribution in [2.24, 2.45) is 4.99 Å². The highest BCUT2D eigenvalue weighted by Gasteiger charge is 2.00. The first kappa shape index (κ1) is 9.64. The molecule has 1 heterocycles. The SMILES string of the molecule is CCc1ccnc(/N=C\I)c1C. The standard InChI is InChI=1S/C9H11IN2/c1-3-8-4-5-11-9(7(8)2)12-6-10/h4-6H,3H2,1-2H3/b12-6-. The molecule has 0 unspecified atom stereocenters. The number of halogens is 1. The van der Waals surface area contributed by atoms with Crippen LogP contribution in [0, 0.1) is 6.92 Å². The van der Waals surface area contributed by atoms with Gasteiger partial charge in [-0.1, -0.05) is 6.92 Å². The fraction of sp³-hybridized carbons (Fsp3) is 0.333. The van der Waals surface area contributed by atoms with E-state index >= 15 is 0 Å². The van der Waals surface area contributed by atoms with Crippen molar-refractivity contribution in [1.29, 1.82) is 0 Å². The number of aliphatic imine (C=N–C) groups is 1. The van der Waals surface area contributed by atoms with Gasteiger partial charge < -0.3 is 0 Å². The molecule has 0 saturated heterocycles. The molecule has 0 spiro atoms. The minimum atomic E-state index is 0.837. The lowest BCUT2D eigenvalue weighted by molar-refractivity contribution is 1.08. The van der Waals surface area contributed by atoms with Crippen molar-refractivity contribution in [3.8, 4) is 0 Å². The third-order valence-electron chi connectivity index (χ3n) is 1.84. The number of aromatic nitrogens is 1. The molecule has 2 nitrogen and oxygen atoms in total. The van der Waals surface area contributed by atoms with Gasteiger partial charge >= 0.3 is 0 Å². The molecular formula is C9H11IN2. The molecule has 0 atom stereocenters. The van der Waals surface area contributed by atoms with E-state index in [4.69, 9.17) is 0 Å². The maximum atomic E-state index is 4.17. The van der Waals surface area contributed by atoms with Gasteiger partial charge in [0.25, 0.3) is 0 Å². The summed E-state index contributed by atoms with van der Waals surface area (Å²) in [7, 11) is 0. The number of hydrogen-bond acceptors (Lipinski definition) is 2. The summed E-state index contributed by atoms with van der Waals surface area (Å²) in [6, 6.07) is 2.04. The van der Waals surface area contributed by atoms with Gasteiger partial charge in [-0.05, 0) is 53.1 Å². The molecule has 0 radical (unpaired) electrons. The molecule has 1 rings (SSSR count). The Morgan fingerprint density at radius 3 is 3.00 bits per heavy atom. The van der Waals surface area contributed by atoms with Crippen LogP contribution < -0.4 is 0 Å². The first-order chi connectivity index (χ1) is 5.79. The van der Waals surface area contributed by atoms with Crippen molar-refractivity contribution in [2.45, 2.75) is 20.3 Å². The molecule has 1 aromatic rings. The Balaban J connectivity index is 3.13. The molecular weight excluding hydrogens is 263 g/mol. The van der Waals surface area contributed by atoms with E-state index in [-0.39, 0.29) is 0 Å². The van der Waals surface area contributed by atoms with Gasteiger partial charge in [0.2, 0.25) is 0 Å². The molecule has 64 valence electrons. The molecule has 1 aromatic heterocycles. The number of rotatable bonds is 2. The smallest absolute Gasteiger partial charge is 0.155 e. The van der Waals surface area contributed by atoms with Crippen LogP contribution in [0.1, 0.15) is 18.1 Å². The minimum Gasteiger partial charge on any atom is -0.237 e. The topological polar surface area (TPSA) is 25.2 Å². The zero-order chi connectivity index (χ0) is 8.97. The molecule has 0 aliphatic rings. The van der Waals surface area contributed by atoms with E-state index in [1.807, 2.05) is 12.3 Å². The van der Waals surface area contributed by atoms with Crippen LogP contribution in [0.5, 0.6) is 0 Å². The maximum Gasteiger partial charge on any atom is 0.155 e. The van der Waals surface area contributed by atoms with Crippen LogP contribution in [-0.4, -0.2) is 9.21 Å². The lowest BCUT2D eigenvalue weighted by atomic mass is 10.1. The van der Waals surface area contributed by atoms with Crippen molar-refractivity contribution >= 4 is 32.6 Å². The number of pyridine rings is 1. The quantitative estimate of drug-likeness (QED) is 0.601. The highest BCUT2D eigenvalue weighted by Crippen LogP contribution is 2.18. The van der Waals surface area contributed by atoms with Crippen LogP contribution in [-0.2, 0) is 6.42 Å². The Labute approximate surface area is 86.3 Å². The van der Waals surface area contributed by atoms with Crippen LogP contribution in [0.15, 0.2) is 17.3 Å². The molecule has 0 aliphatic heterocycles. The second-order valence-electron chi connectivity index (χ2n) is 2.50. The number of aryl methyl sites for hydroxylation is 1. The summed E-state index contributed by atoms with van der Waals surface area (Å²) in [6.45, 7) is 4.20. The van der Waals surface area contributed by atoms with Gasteiger partial charge in [-0.3, -0.25) is 0 Å². The van der Waals surface area contributed by atoms with E-state index < -0.39 is 0 Å². The second kappa shape index (κ2) is 4.54. The summed E-state index contributed by atoms with van der Waals surface area (Å²) in [5.74, 6) is 0.837. The van der Waals surface area contributed by atoms with Crippen molar-refractivity contribution in [3.63, 3.8) is 0 Å². The first-order valence-corrected chi connectivity index (χ1v) is 5.11. The van der Waals surface area contributed by atoms with Gasteiger partial charge in [-0.2, -0.15) is 0 Å². The third-order valence-corrected chi connectivity index (χ3v) is 2.12. The van der Waals surface area contributed by atoms with E-state index in [2.05, 4.69) is 46.4 Å². The summed E-state index contributed by atoms with van der Waals surface area (Å²) in [5.41, 5.74) is 2.51. The van der Waals surface area contributed by atoms with E-state index in [1.54, 1.807) is 4.22 Å². The Kier molecular flexibility index (Phi) is 3.65. The lowest BCUT2D eigenvalue weighted by Crippen LogP contribution is -1.88. The van der Waals surface area contributed by atoms with E-state index in [1.165, 1.54) is 11.1 Å². The molecule has 0 N–H and O–H groups in total. The van der Waals surface area contributed by atoms with Crippen LogP contribution >= 0.6 is 22.6 Å². The second-order valence-corrected chi connectivity index (χ2v) is 3.06. The molecule has 0 aliphatic carbocycles. The summed E-state index contributed by atoms with van der Waals surface area (Å²) >= 11 is 2.10. The fourth-order valence-electron chi connectivity index (χ4n) is 1.12. The third kappa shape index (κ3) is 2.03.